The summed E-state index contributed by atoms with van der Waals surface area (Å²) in [6.07, 6.45) is 14.2. The Morgan fingerprint density at radius 1 is 0.630 bits per heavy atom. The summed E-state index contributed by atoms with van der Waals surface area (Å²) >= 11 is 0. The molecule has 2 aliphatic carbocycles. The van der Waals surface area contributed by atoms with Gasteiger partial charge in [-0.2, -0.15) is 0 Å². The van der Waals surface area contributed by atoms with Crippen LogP contribution in [-0.4, -0.2) is 17.1 Å². The minimum Gasteiger partial charge on any atom is -0.289 e. The molecule has 2 heteroatoms. The van der Waals surface area contributed by atoms with Gasteiger partial charge in [0.1, 0.15) is 0 Å². The lowest BCUT2D eigenvalue weighted by Gasteiger charge is -2.38. The number of carbonyl (C=O) groups is 1. The predicted molar refractivity (Wildman–Crippen MR) is 117 cm³/mol. The van der Waals surface area contributed by atoms with Gasteiger partial charge in [0.15, 0.2) is 5.78 Å². The Bertz CT molecular complexity index is 707. The summed E-state index contributed by atoms with van der Waals surface area (Å²) in [5.41, 5.74) is 3.43. The van der Waals surface area contributed by atoms with Crippen LogP contribution in [0.1, 0.15) is 80.1 Å². The summed E-state index contributed by atoms with van der Waals surface area (Å²) in [5.74, 6) is 0.141. The van der Waals surface area contributed by atoms with E-state index in [1.54, 1.807) is 5.30 Å². The van der Waals surface area contributed by atoms with E-state index in [4.69, 9.17) is 0 Å². The van der Waals surface area contributed by atoms with Crippen LogP contribution < -0.4 is 5.30 Å². The summed E-state index contributed by atoms with van der Waals surface area (Å²) in [4.78, 5) is 12.7. The molecule has 2 fully saturated rings. The van der Waals surface area contributed by atoms with Crippen LogP contribution >= 0.6 is 7.92 Å². The lowest BCUT2D eigenvalue weighted by molar-refractivity contribution is 0.103. The van der Waals surface area contributed by atoms with E-state index >= 15 is 0 Å². The number of carbonyl (C=O) groups excluding carboxylic acids is 1. The molecule has 0 bridgehead atoms. The van der Waals surface area contributed by atoms with Crippen molar-refractivity contribution in [1.29, 1.82) is 0 Å². The van der Waals surface area contributed by atoms with E-state index in [0.29, 0.717) is 0 Å². The fourth-order valence-corrected chi connectivity index (χ4v) is 8.76. The third-order valence-corrected chi connectivity index (χ3v) is 9.90. The molecule has 0 unspecified atom stereocenters. The lowest BCUT2D eigenvalue weighted by Crippen LogP contribution is -2.26. The average molecular weight is 378 g/mol. The van der Waals surface area contributed by atoms with E-state index in [2.05, 4.69) is 24.3 Å². The molecule has 142 valence electrons. The van der Waals surface area contributed by atoms with Crippen LogP contribution in [0.25, 0.3) is 0 Å². The topological polar surface area (TPSA) is 17.1 Å². The van der Waals surface area contributed by atoms with Crippen LogP contribution in [0.4, 0.5) is 0 Å². The van der Waals surface area contributed by atoms with Gasteiger partial charge in [0.2, 0.25) is 0 Å². The minimum atomic E-state index is -0.0893. The van der Waals surface area contributed by atoms with Gasteiger partial charge >= 0.3 is 0 Å². The zero-order chi connectivity index (χ0) is 18.5. The average Bonchev–Trinajstić information content (AvgIpc) is 2.76. The minimum absolute atomic E-state index is 0.0893. The maximum Gasteiger partial charge on any atom is 0.193 e. The van der Waals surface area contributed by atoms with Crippen LogP contribution in [0.2, 0.25) is 0 Å². The van der Waals surface area contributed by atoms with Crippen LogP contribution in [-0.2, 0) is 0 Å². The van der Waals surface area contributed by atoms with Crippen molar-refractivity contribution < 1.29 is 4.79 Å². The van der Waals surface area contributed by atoms with E-state index in [1.165, 1.54) is 64.2 Å². The fourth-order valence-electron chi connectivity index (χ4n) is 4.98. The van der Waals surface area contributed by atoms with Gasteiger partial charge in [-0.3, -0.25) is 4.79 Å². The maximum atomic E-state index is 12.7. The first-order chi connectivity index (χ1) is 13.3. The van der Waals surface area contributed by atoms with Crippen LogP contribution in [0.15, 0.2) is 54.6 Å². The summed E-state index contributed by atoms with van der Waals surface area (Å²) < 4.78 is 0. The first kappa shape index (κ1) is 18.9. The normalized spacial score (nSPS) is 19.3. The van der Waals surface area contributed by atoms with Gasteiger partial charge in [-0.15, -0.1) is 0 Å². The monoisotopic (exact) mass is 378 g/mol. The Balaban J connectivity index is 1.57. The van der Waals surface area contributed by atoms with Gasteiger partial charge in [0.25, 0.3) is 0 Å². The Kier molecular flexibility index (Phi) is 6.40. The third kappa shape index (κ3) is 4.52. The highest BCUT2D eigenvalue weighted by Crippen LogP contribution is 2.54. The zero-order valence-corrected chi connectivity index (χ0v) is 17.2. The largest absolute Gasteiger partial charge is 0.289 e. The van der Waals surface area contributed by atoms with Gasteiger partial charge in [0, 0.05) is 11.1 Å². The van der Waals surface area contributed by atoms with Crippen molar-refractivity contribution in [3.63, 3.8) is 0 Å². The number of hydrogen-bond acceptors (Lipinski definition) is 1. The second kappa shape index (κ2) is 9.16. The van der Waals surface area contributed by atoms with E-state index in [0.717, 1.165) is 22.4 Å². The molecular weight excluding hydrogens is 347 g/mol. The molecule has 0 atom stereocenters. The predicted octanol–water partition coefficient (Wildman–Crippen LogP) is 6.69. The molecule has 27 heavy (non-hydrogen) atoms. The van der Waals surface area contributed by atoms with Crippen LogP contribution in [0.3, 0.4) is 0 Å². The van der Waals surface area contributed by atoms with Crippen LogP contribution in [0, 0.1) is 0 Å². The quantitative estimate of drug-likeness (QED) is 0.418. The molecule has 0 radical (unpaired) electrons. The molecular formula is C25H31OP. The number of ketones is 1. The number of rotatable bonds is 5. The highest BCUT2D eigenvalue weighted by Gasteiger charge is 2.32. The van der Waals surface area contributed by atoms with Gasteiger partial charge < -0.3 is 0 Å². The molecule has 0 aromatic heterocycles. The smallest absolute Gasteiger partial charge is 0.193 e. The second-order valence-electron chi connectivity index (χ2n) is 8.23. The molecule has 0 saturated heterocycles. The van der Waals surface area contributed by atoms with Crippen molar-refractivity contribution in [3.05, 3.63) is 65.7 Å². The molecule has 2 saturated carbocycles. The number of hydrogen-bond donors (Lipinski definition) is 0. The highest BCUT2D eigenvalue weighted by atomic mass is 31.1. The number of benzene rings is 2. The fraction of sp³-hybridized carbons (Fsp3) is 0.480. The van der Waals surface area contributed by atoms with E-state index in [-0.39, 0.29) is 13.7 Å². The Morgan fingerprint density at radius 2 is 1.11 bits per heavy atom. The molecule has 0 aliphatic heterocycles. The van der Waals surface area contributed by atoms with Crippen molar-refractivity contribution in [3.8, 4) is 0 Å². The Hall–Kier alpha value is -1.46. The van der Waals surface area contributed by atoms with Crippen LogP contribution in [0.5, 0.6) is 0 Å². The molecule has 0 amide bonds. The first-order valence-electron chi connectivity index (χ1n) is 10.8. The molecule has 2 aromatic rings. The van der Waals surface area contributed by atoms with Crippen molar-refractivity contribution in [1.82, 2.24) is 0 Å². The molecule has 2 aliphatic rings. The SMILES string of the molecule is O=C(c1ccccc1)c1ccc(P(C2CCCCC2)C2CCCCC2)cc1. The molecule has 4 rings (SSSR count). The van der Waals surface area contributed by atoms with Gasteiger partial charge in [0.05, 0.1) is 0 Å². The van der Waals surface area contributed by atoms with Crippen molar-refractivity contribution in [2.24, 2.45) is 0 Å². The van der Waals surface area contributed by atoms with Crippen molar-refractivity contribution >= 4 is 19.0 Å². The van der Waals surface area contributed by atoms with Gasteiger partial charge in [-0.1, -0.05) is 101 Å². The van der Waals surface area contributed by atoms with Crippen molar-refractivity contribution in [2.45, 2.75) is 75.5 Å². The summed E-state index contributed by atoms with van der Waals surface area (Å²) in [5, 5.41) is 1.55. The van der Waals surface area contributed by atoms with Gasteiger partial charge in [-0.25, -0.2) is 0 Å². The molecule has 1 nitrogen and oxygen atoms in total. The molecule has 0 N–H and O–H groups in total. The second-order valence-corrected chi connectivity index (χ2v) is 11.0. The first-order valence-corrected chi connectivity index (χ1v) is 12.3. The highest BCUT2D eigenvalue weighted by molar-refractivity contribution is 7.67. The van der Waals surface area contributed by atoms with Gasteiger partial charge in [-0.05, 0) is 42.3 Å². The standard InChI is InChI=1S/C25H31OP/c26-25(20-10-4-1-5-11-20)21-16-18-24(19-17-21)27(22-12-6-2-7-13-22)23-14-8-3-9-15-23/h1,4-5,10-11,16-19,22-23H,2-3,6-9,12-15H2. The maximum absolute atomic E-state index is 12.7. The third-order valence-electron chi connectivity index (χ3n) is 6.40. The van der Waals surface area contributed by atoms with Crippen molar-refractivity contribution in [2.75, 3.05) is 0 Å². The molecule has 0 heterocycles. The van der Waals surface area contributed by atoms with E-state index in [9.17, 15) is 4.79 Å². The Morgan fingerprint density at radius 3 is 1.63 bits per heavy atom. The Labute approximate surface area is 165 Å². The molecule has 2 aromatic carbocycles. The summed E-state index contributed by atoms with van der Waals surface area (Å²) in [7, 11) is -0.0893. The zero-order valence-electron chi connectivity index (χ0n) is 16.3. The van der Waals surface area contributed by atoms with E-state index in [1.807, 2.05) is 30.3 Å². The summed E-state index contributed by atoms with van der Waals surface area (Å²) in [6.45, 7) is 0. The van der Waals surface area contributed by atoms with E-state index < -0.39 is 0 Å². The summed E-state index contributed by atoms with van der Waals surface area (Å²) in [6, 6.07) is 18.4. The lowest BCUT2D eigenvalue weighted by atomic mass is 9.99. The molecule has 0 spiro atoms.